The van der Waals surface area contributed by atoms with E-state index in [1.165, 1.54) is 29.7 Å². The van der Waals surface area contributed by atoms with E-state index >= 15 is 0 Å². The Morgan fingerprint density at radius 2 is 1.60 bits per heavy atom. The molecule has 0 saturated carbocycles. The van der Waals surface area contributed by atoms with Crippen molar-refractivity contribution in [2.75, 3.05) is 18.5 Å². The Kier molecular flexibility index (Phi) is 5.29. The monoisotopic (exact) mass is 275 g/mol. The lowest BCUT2D eigenvalue weighted by Crippen LogP contribution is -2.22. The van der Waals surface area contributed by atoms with Crippen molar-refractivity contribution in [1.82, 2.24) is 0 Å². The minimum Gasteiger partial charge on any atom is -0.375 e. The largest absolute Gasteiger partial charge is 0.375 e. The lowest BCUT2D eigenvalue weighted by molar-refractivity contribution is 0.315. The van der Waals surface area contributed by atoms with Gasteiger partial charge in [-0.15, -0.1) is 0 Å². The standard InChI is InChI=1S/C19H33N/c1-9-20(8)17-14-16(11-10-15(17)2)19(6,7)13-12-18(3,4)5/h10-11,14H,9,12-13H2,1-8H3. The number of aryl methyl sites for hydroxylation is 1. The van der Waals surface area contributed by atoms with Gasteiger partial charge in [0.15, 0.2) is 0 Å². The fourth-order valence-corrected chi connectivity index (χ4v) is 2.44. The molecular weight excluding hydrogens is 242 g/mol. The van der Waals surface area contributed by atoms with E-state index in [0.29, 0.717) is 5.41 Å². The smallest absolute Gasteiger partial charge is 0.0396 e. The van der Waals surface area contributed by atoms with Crippen molar-refractivity contribution in [3.8, 4) is 0 Å². The van der Waals surface area contributed by atoms with Gasteiger partial charge in [-0.1, -0.05) is 46.8 Å². The van der Waals surface area contributed by atoms with E-state index in [0.717, 1.165) is 6.54 Å². The molecule has 0 N–H and O–H groups in total. The van der Waals surface area contributed by atoms with E-state index in [1.807, 2.05) is 0 Å². The van der Waals surface area contributed by atoms with E-state index in [9.17, 15) is 0 Å². The van der Waals surface area contributed by atoms with Gasteiger partial charge in [0, 0.05) is 19.3 Å². The summed E-state index contributed by atoms with van der Waals surface area (Å²) < 4.78 is 0. The summed E-state index contributed by atoms with van der Waals surface area (Å²) in [5.74, 6) is 0. The van der Waals surface area contributed by atoms with Crippen LogP contribution in [0.2, 0.25) is 0 Å². The number of benzene rings is 1. The van der Waals surface area contributed by atoms with Crippen LogP contribution in [0.3, 0.4) is 0 Å². The van der Waals surface area contributed by atoms with E-state index in [1.54, 1.807) is 0 Å². The first-order chi connectivity index (χ1) is 9.07. The summed E-state index contributed by atoms with van der Waals surface area (Å²) in [4.78, 5) is 2.33. The van der Waals surface area contributed by atoms with Crippen molar-refractivity contribution in [1.29, 1.82) is 0 Å². The zero-order chi connectivity index (χ0) is 15.6. The van der Waals surface area contributed by atoms with Crippen molar-refractivity contribution in [2.24, 2.45) is 5.41 Å². The van der Waals surface area contributed by atoms with Gasteiger partial charge < -0.3 is 4.90 Å². The summed E-state index contributed by atoms with van der Waals surface area (Å²) in [6.07, 6.45) is 2.49. The molecule has 0 aliphatic carbocycles. The van der Waals surface area contributed by atoms with Gasteiger partial charge in [0.1, 0.15) is 0 Å². The SMILES string of the molecule is CCN(C)c1cc(C(C)(C)CCC(C)(C)C)ccc1C. The van der Waals surface area contributed by atoms with Crippen molar-refractivity contribution in [3.05, 3.63) is 29.3 Å². The molecular formula is C19H33N. The second-order valence-electron chi connectivity index (χ2n) is 7.96. The minimum absolute atomic E-state index is 0.240. The molecule has 0 spiro atoms. The van der Waals surface area contributed by atoms with Crippen LogP contribution in [0.25, 0.3) is 0 Å². The first kappa shape index (κ1) is 17.1. The molecule has 0 aliphatic rings. The lowest BCUT2D eigenvalue weighted by Gasteiger charge is -2.31. The van der Waals surface area contributed by atoms with E-state index < -0.39 is 0 Å². The molecule has 1 heteroatoms. The van der Waals surface area contributed by atoms with Gasteiger partial charge in [0.2, 0.25) is 0 Å². The van der Waals surface area contributed by atoms with Crippen LogP contribution in [-0.2, 0) is 5.41 Å². The zero-order valence-electron chi connectivity index (χ0n) is 14.8. The average molecular weight is 275 g/mol. The van der Waals surface area contributed by atoms with Crippen LogP contribution in [0.5, 0.6) is 0 Å². The Balaban J connectivity index is 3.00. The van der Waals surface area contributed by atoms with Gasteiger partial charge in [-0.05, 0) is 54.7 Å². The fourth-order valence-electron chi connectivity index (χ4n) is 2.44. The third kappa shape index (κ3) is 4.54. The summed E-state index contributed by atoms with van der Waals surface area (Å²) in [7, 11) is 2.17. The van der Waals surface area contributed by atoms with Crippen molar-refractivity contribution in [2.45, 2.75) is 66.7 Å². The number of hydrogen-bond donors (Lipinski definition) is 0. The second-order valence-corrected chi connectivity index (χ2v) is 7.96. The maximum atomic E-state index is 2.39. The molecule has 0 radical (unpaired) electrons. The Bertz CT molecular complexity index is 438. The third-order valence-corrected chi connectivity index (χ3v) is 4.38. The van der Waals surface area contributed by atoms with Crippen LogP contribution in [-0.4, -0.2) is 13.6 Å². The van der Waals surface area contributed by atoms with Crippen LogP contribution in [0.1, 0.15) is 65.5 Å². The number of nitrogens with zero attached hydrogens (tertiary/aromatic N) is 1. The lowest BCUT2D eigenvalue weighted by atomic mass is 9.75. The predicted molar refractivity (Wildman–Crippen MR) is 91.8 cm³/mol. The average Bonchev–Trinajstić information content (AvgIpc) is 2.35. The molecule has 1 nitrogen and oxygen atoms in total. The molecule has 0 atom stereocenters. The summed E-state index contributed by atoms with van der Waals surface area (Å²) >= 11 is 0. The zero-order valence-corrected chi connectivity index (χ0v) is 14.8. The molecule has 1 aromatic rings. The van der Waals surface area contributed by atoms with Gasteiger partial charge in [-0.25, -0.2) is 0 Å². The molecule has 20 heavy (non-hydrogen) atoms. The fraction of sp³-hybridized carbons (Fsp3) is 0.684. The van der Waals surface area contributed by atoms with Gasteiger partial charge in [0.05, 0.1) is 0 Å². The highest BCUT2D eigenvalue weighted by Gasteiger charge is 2.24. The van der Waals surface area contributed by atoms with Crippen LogP contribution in [0, 0.1) is 12.3 Å². The molecule has 0 saturated heterocycles. The highest BCUT2D eigenvalue weighted by molar-refractivity contribution is 5.55. The highest BCUT2D eigenvalue weighted by atomic mass is 15.1. The number of hydrogen-bond acceptors (Lipinski definition) is 1. The predicted octanol–water partition coefficient (Wildman–Crippen LogP) is 5.56. The van der Waals surface area contributed by atoms with Crippen LogP contribution >= 0.6 is 0 Å². The van der Waals surface area contributed by atoms with Gasteiger partial charge in [-0.3, -0.25) is 0 Å². The Morgan fingerprint density at radius 3 is 2.10 bits per heavy atom. The summed E-state index contributed by atoms with van der Waals surface area (Å²) in [6, 6.07) is 6.97. The molecule has 0 bridgehead atoms. The number of rotatable bonds is 5. The topological polar surface area (TPSA) is 3.24 Å². The van der Waals surface area contributed by atoms with Gasteiger partial charge in [0.25, 0.3) is 0 Å². The first-order valence-electron chi connectivity index (χ1n) is 7.89. The van der Waals surface area contributed by atoms with Crippen molar-refractivity contribution >= 4 is 5.69 Å². The van der Waals surface area contributed by atoms with Crippen LogP contribution < -0.4 is 4.90 Å². The van der Waals surface area contributed by atoms with Crippen molar-refractivity contribution < 1.29 is 0 Å². The molecule has 0 aromatic heterocycles. The van der Waals surface area contributed by atoms with Crippen LogP contribution in [0.4, 0.5) is 5.69 Å². The molecule has 0 fully saturated rings. The van der Waals surface area contributed by atoms with Crippen LogP contribution in [0.15, 0.2) is 18.2 Å². The van der Waals surface area contributed by atoms with Crippen molar-refractivity contribution in [3.63, 3.8) is 0 Å². The molecule has 114 valence electrons. The molecule has 1 rings (SSSR count). The summed E-state index contributed by atoms with van der Waals surface area (Å²) in [5, 5.41) is 0. The Labute approximate surface area is 126 Å². The van der Waals surface area contributed by atoms with E-state index in [4.69, 9.17) is 0 Å². The maximum absolute atomic E-state index is 2.39. The highest BCUT2D eigenvalue weighted by Crippen LogP contribution is 2.35. The molecule has 0 heterocycles. The molecule has 1 aromatic carbocycles. The summed E-state index contributed by atoms with van der Waals surface area (Å²) in [6.45, 7) is 17.2. The minimum atomic E-state index is 0.240. The normalized spacial score (nSPS) is 12.6. The second kappa shape index (κ2) is 6.20. The molecule has 0 unspecified atom stereocenters. The molecule has 0 aliphatic heterocycles. The third-order valence-electron chi connectivity index (χ3n) is 4.38. The number of anilines is 1. The molecule has 0 amide bonds. The quantitative estimate of drug-likeness (QED) is 0.680. The van der Waals surface area contributed by atoms with Gasteiger partial charge in [-0.2, -0.15) is 0 Å². The first-order valence-corrected chi connectivity index (χ1v) is 7.89. The van der Waals surface area contributed by atoms with E-state index in [-0.39, 0.29) is 5.41 Å². The summed E-state index contributed by atoms with van der Waals surface area (Å²) in [5.41, 5.74) is 4.84. The maximum Gasteiger partial charge on any atom is 0.0396 e. The van der Waals surface area contributed by atoms with Gasteiger partial charge >= 0.3 is 0 Å². The van der Waals surface area contributed by atoms with E-state index in [2.05, 4.69) is 78.6 Å². The Hall–Kier alpha value is -0.980. The Morgan fingerprint density at radius 1 is 1.00 bits per heavy atom.